The molecule has 4 nitrogen and oxygen atoms in total. The first kappa shape index (κ1) is 15.7. The Hall–Kier alpha value is -2.20. The molecule has 0 spiro atoms. The Morgan fingerprint density at radius 3 is 2.87 bits per heavy atom. The lowest BCUT2D eigenvalue weighted by Crippen LogP contribution is -2.32. The number of nitrogens with zero attached hydrogens (tertiary/aromatic N) is 1. The molecule has 1 heterocycles. The largest absolute Gasteiger partial charge is 0.508 e. The summed E-state index contributed by atoms with van der Waals surface area (Å²) in [4.78, 5) is 2.36. The van der Waals surface area contributed by atoms with Crippen LogP contribution in [0.2, 0.25) is 0 Å². The van der Waals surface area contributed by atoms with Gasteiger partial charge in [0.15, 0.2) is 0 Å². The van der Waals surface area contributed by atoms with Crippen molar-refractivity contribution in [2.75, 3.05) is 13.7 Å². The molecular weight excluding hydrogens is 290 g/mol. The zero-order valence-electron chi connectivity index (χ0n) is 13.7. The summed E-state index contributed by atoms with van der Waals surface area (Å²) >= 11 is 0. The monoisotopic (exact) mass is 313 g/mol. The number of phenols is 1. The number of benzene rings is 2. The van der Waals surface area contributed by atoms with Crippen molar-refractivity contribution in [1.29, 1.82) is 0 Å². The number of fused-ring (bicyclic) bond motifs is 1. The van der Waals surface area contributed by atoms with Crippen molar-refractivity contribution in [3.63, 3.8) is 0 Å². The maximum atomic E-state index is 9.66. The predicted octanol–water partition coefficient (Wildman–Crippen LogP) is 3.57. The van der Waals surface area contributed by atoms with E-state index in [1.54, 1.807) is 13.2 Å². The maximum Gasteiger partial charge on any atom is 0.124 e. The van der Waals surface area contributed by atoms with Gasteiger partial charge in [-0.05, 0) is 42.3 Å². The van der Waals surface area contributed by atoms with Gasteiger partial charge in [-0.25, -0.2) is 0 Å². The van der Waals surface area contributed by atoms with E-state index in [1.165, 1.54) is 0 Å². The Morgan fingerprint density at radius 2 is 2.13 bits per heavy atom. The molecule has 0 saturated heterocycles. The van der Waals surface area contributed by atoms with E-state index in [-0.39, 0.29) is 6.10 Å². The van der Waals surface area contributed by atoms with E-state index in [4.69, 9.17) is 9.47 Å². The molecule has 0 radical (unpaired) electrons. The maximum absolute atomic E-state index is 9.66. The standard InChI is InChI=1S/C19H23NO3/c1-3-17-13-20(11-14-5-4-6-16(21)9-14)12-15-10-18(22-2)7-8-19(15)23-17/h4-10,17,21H,3,11-13H2,1-2H3/t17-/m1/s1. The number of hydrogen-bond donors (Lipinski definition) is 1. The second-order valence-electron chi connectivity index (χ2n) is 5.96. The highest BCUT2D eigenvalue weighted by Crippen LogP contribution is 2.30. The lowest BCUT2D eigenvalue weighted by molar-refractivity contribution is 0.139. The molecule has 122 valence electrons. The normalized spacial score (nSPS) is 17.9. The van der Waals surface area contributed by atoms with E-state index in [1.807, 2.05) is 36.4 Å². The second-order valence-corrected chi connectivity index (χ2v) is 5.96. The van der Waals surface area contributed by atoms with Gasteiger partial charge in [0.05, 0.1) is 7.11 Å². The minimum absolute atomic E-state index is 0.168. The van der Waals surface area contributed by atoms with Gasteiger partial charge in [-0.2, -0.15) is 0 Å². The van der Waals surface area contributed by atoms with E-state index in [0.29, 0.717) is 5.75 Å². The van der Waals surface area contributed by atoms with E-state index in [2.05, 4.69) is 11.8 Å². The number of phenolic OH excluding ortho intramolecular Hbond substituents is 1. The van der Waals surface area contributed by atoms with Crippen LogP contribution in [0.3, 0.4) is 0 Å². The molecule has 0 unspecified atom stereocenters. The fraction of sp³-hybridized carbons (Fsp3) is 0.368. The molecule has 1 atom stereocenters. The third-order valence-corrected chi connectivity index (χ3v) is 4.19. The lowest BCUT2D eigenvalue weighted by Gasteiger charge is -2.23. The van der Waals surface area contributed by atoms with Crippen molar-refractivity contribution in [2.24, 2.45) is 0 Å². The smallest absolute Gasteiger partial charge is 0.124 e. The molecule has 0 aliphatic carbocycles. The summed E-state index contributed by atoms with van der Waals surface area (Å²) in [5.74, 6) is 2.10. The van der Waals surface area contributed by atoms with Crippen molar-refractivity contribution in [3.8, 4) is 17.2 Å². The fourth-order valence-electron chi connectivity index (χ4n) is 2.98. The molecule has 23 heavy (non-hydrogen) atoms. The van der Waals surface area contributed by atoms with Crippen molar-refractivity contribution in [1.82, 2.24) is 4.90 Å². The van der Waals surface area contributed by atoms with Crippen LogP contribution in [-0.4, -0.2) is 29.8 Å². The molecule has 1 aliphatic rings. The van der Waals surface area contributed by atoms with Crippen LogP contribution in [0, 0.1) is 0 Å². The Bertz CT molecular complexity index is 671. The van der Waals surface area contributed by atoms with Crippen molar-refractivity contribution in [2.45, 2.75) is 32.5 Å². The van der Waals surface area contributed by atoms with Gasteiger partial charge < -0.3 is 14.6 Å². The fourth-order valence-corrected chi connectivity index (χ4v) is 2.98. The topological polar surface area (TPSA) is 41.9 Å². The summed E-state index contributed by atoms with van der Waals surface area (Å²) in [6.07, 6.45) is 1.13. The van der Waals surface area contributed by atoms with E-state index in [9.17, 15) is 5.11 Å². The van der Waals surface area contributed by atoms with Crippen molar-refractivity contribution >= 4 is 0 Å². The summed E-state index contributed by atoms with van der Waals surface area (Å²) in [7, 11) is 1.68. The van der Waals surface area contributed by atoms with Crippen molar-refractivity contribution < 1.29 is 14.6 Å². The Morgan fingerprint density at radius 1 is 1.26 bits per heavy atom. The van der Waals surface area contributed by atoms with Gasteiger partial charge in [-0.3, -0.25) is 4.90 Å². The van der Waals surface area contributed by atoms with E-state index < -0.39 is 0 Å². The zero-order valence-corrected chi connectivity index (χ0v) is 13.7. The third-order valence-electron chi connectivity index (χ3n) is 4.19. The predicted molar refractivity (Wildman–Crippen MR) is 89.9 cm³/mol. The van der Waals surface area contributed by atoms with Crippen LogP contribution in [0.25, 0.3) is 0 Å². The molecule has 1 N–H and O–H groups in total. The number of ether oxygens (including phenoxy) is 2. The number of aromatic hydroxyl groups is 1. The molecule has 0 aromatic heterocycles. The lowest BCUT2D eigenvalue weighted by atomic mass is 10.1. The first-order chi connectivity index (χ1) is 11.2. The Balaban J connectivity index is 1.85. The molecule has 0 saturated carbocycles. The summed E-state index contributed by atoms with van der Waals surface area (Å²) in [5.41, 5.74) is 2.24. The SMILES string of the molecule is CC[C@@H]1CN(Cc2cccc(O)c2)Cc2cc(OC)ccc2O1. The van der Waals surface area contributed by atoms with Crippen LogP contribution < -0.4 is 9.47 Å². The van der Waals surface area contributed by atoms with Crippen LogP contribution in [0.15, 0.2) is 42.5 Å². The molecule has 0 bridgehead atoms. The van der Waals surface area contributed by atoms with Crippen LogP contribution in [0.1, 0.15) is 24.5 Å². The highest BCUT2D eigenvalue weighted by atomic mass is 16.5. The molecule has 1 aliphatic heterocycles. The van der Waals surface area contributed by atoms with Crippen LogP contribution in [0.5, 0.6) is 17.2 Å². The molecule has 0 fully saturated rings. The third kappa shape index (κ3) is 3.77. The first-order valence-corrected chi connectivity index (χ1v) is 8.01. The van der Waals surface area contributed by atoms with Gasteiger partial charge in [0.25, 0.3) is 0 Å². The summed E-state index contributed by atoms with van der Waals surface area (Å²) < 4.78 is 11.5. The highest BCUT2D eigenvalue weighted by molar-refractivity contribution is 5.41. The van der Waals surface area contributed by atoms with Gasteiger partial charge in [0, 0.05) is 25.2 Å². The van der Waals surface area contributed by atoms with Gasteiger partial charge >= 0.3 is 0 Å². The first-order valence-electron chi connectivity index (χ1n) is 8.01. The molecule has 2 aromatic rings. The summed E-state index contributed by atoms with van der Waals surface area (Å²) in [5, 5.41) is 9.66. The van der Waals surface area contributed by atoms with Gasteiger partial charge in [0.2, 0.25) is 0 Å². The molecule has 0 amide bonds. The number of hydrogen-bond acceptors (Lipinski definition) is 4. The Labute approximate surface area is 137 Å². The minimum Gasteiger partial charge on any atom is -0.508 e. The average molecular weight is 313 g/mol. The highest BCUT2D eigenvalue weighted by Gasteiger charge is 2.22. The van der Waals surface area contributed by atoms with Gasteiger partial charge in [-0.1, -0.05) is 19.1 Å². The van der Waals surface area contributed by atoms with E-state index in [0.717, 1.165) is 48.7 Å². The summed E-state index contributed by atoms with van der Waals surface area (Å²) in [6.45, 7) is 4.60. The van der Waals surface area contributed by atoms with Crippen LogP contribution in [-0.2, 0) is 13.1 Å². The average Bonchev–Trinajstić information content (AvgIpc) is 2.72. The summed E-state index contributed by atoms with van der Waals surface area (Å²) in [6, 6.07) is 13.4. The quantitative estimate of drug-likeness (QED) is 0.937. The minimum atomic E-state index is 0.168. The van der Waals surface area contributed by atoms with Crippen LogP contribution >= 0.6 is 0 Å². The van der Waals surface area contributed by atoms with Gasteiger partial charge in [0.1, 0.15) is 23.4 Å². The van der Waals surface area contributed by atoms with Crippen LogP contribution in [0.4, 0.5) is 0 Å². The molecule has 2 aromatic carbocycles. The zero-order chi connectivity index (χ0) is 16.2. The van der Waals surface area contributed by atoms with E-state index >= 15 is 0 Å². The number of methoxy groups -OCH3 is 1. The Kier molecular flexibility index (Phi) is 4.72. The number of rotatable bonds is 4. The molecule has 4 heteroatoms. The molecular formula is C19H23NO3. The second kappa shape index (κ2) is 6.92. The van der Waals surface area contributed by atoms with Crippen molar-refractivity contribution in [3.05, 3.63) is 53.6 Å². The van der Waals surface area contributed by atoms with Gasteiger partial charge in [-0.15, -0.1) is 0 Å². The molecule has 3 rings (SSSR count).